The van der Waals surface area contributed by atoms with E-state index in [0.717, 1.165) is 70.1 Å². The second-order valence-corrected chi connectivity index (χ2v) is 8.82. The van der Waals surface area contributed by atoms with Crippen molar-refractivity contribution in [1.82, 2.24) is 9.80 Å². The van der Waals surface area contributed by atoms with E-state index in [9.17, 15) is 9.18 Å². The second kappa shape index (κ2) is 9.25. The molecule has 1 atom stereocenters. The van der Waals surface area contributed by atoms with E-state index in [2.05, 4.69) is 14.7 Å². The summed E-state index contributed by atoms with van der Waals surface area (Å²) in [4.78, 5) is 19.8. The Morgan fingerprint density at radius 2 is 1.64 bits per heavy atom. The molecule has 4 rings (SSSR count). The van der Waals surface area contributed by atoms with Crippen LogP contribution >= 0.6 is 0 Å². The lowest BCUT2D eigenvalue weighted by molar-refractivity contribution is -0.133. The Morgan fingerprint density at radius 3 is 2.36 bits per heavy atom. The number of hydrogen-bond acceptors (Lipinski definition) is 3. The number of amides is 1. The Bertz CT molecular complexity index is 636. The molecule has 4 nitrogen and oxygen atoms in total. The molecule has 1 aromatic carbocycles. The van der Waals surface area contributed by atoms with E-state index in [1.165, 1.54) is 44.2 Å². The van der Waals surface area contributed by atoms with Gasteiger partial charge in [0.25, 0.3) is 0 Å². The summed E-state index contributed by atoms with van der Waals surface area (Å²) in [5.41, 5.74) is 1.11. The number of rotatable bonds is 5. The van der Waals surface area contributed by atoms with Crippen LogP contribution in [0.5, 0.6) is 0 Å². The molecule has 2 aliphatic heterocycles. The van der Waals surface area contributed by atoms with Gasteiger partial charge in [-0.2, -0.15) is 0 Å². The highest BCUT2D eigenvalue weighted by Crippen LogP contribution is 2.29. The summed E-state index contributed by atoms with van der Waals surface area (Å²) in [6, 6.07) is 7.32. The first kappa shape index (κ1) is 19.7. The zero-order valence-electron chi connectivity index (χ0n) is 17.0. The van der Waals surface area contributed by atoms with Gasteiger partial charge in [0.1, 0.15) is 5.82 Å². The number of carbonyl (C=O) groups excluding carboxylic acids is 1. The predicted molar refractivity (Wildman–Crippen MR) is 111 cm³/mol. The van der Waals surface area contributed by atoms with Crippen LogP contribution in [0.2, 0.25) is 0 Å². The van der Waals surface area contributed by atoms with Gasteiger partial charge in [0, 0.05) is 57.4 Å². The van der Waals surface area contributed by atoms with Crippen LogP contribution in [-0.4, -0.2) is 61.0 Å². The molecule has 1 saturated carbocycles. The third-order valence-corrected chi connectivity index (χ3v) is 7.01. The minimum atomic E-state index is -0.178. The standard InChI is InChI=1S/C23H34FN3O/c24-20-8-10-21(11-9-20)25-14-16-26(17-15-25)22-6-3-13-27(18-22)23(28)12-7-19-4-1-2-5-19/h8-11,19,22H,1-7,12-18H2/t22-/m1/s1. The maximum atomic E-state index is 13.1. The zero-order valence-corrected chi connectivity index (χ0v) is 17.0. The molecule has 3 fully saturated rings. The quantitative estimate of drug-likeness (QED) is 0.766. The Morgan fingerprint density at radius 1 is 0.929 bits per heavy atom. The molecular formula is C23H34FN3O. The number of benzene rings is 1. The fourth-order valence-corrected chi connectivity index (χ4v) is 5.26. The fourth-order valence-electron chi connectivity index (χ4n) is 5.26. The van der Waals surface area contributed by atoms with Crippen molar-refractivity contribution in [2.75, 3.05) is 44.2 Å². The largest absolute Gasteiger partial charge is 0.369 e. The summed E-state index contributed by atoms with van der Waals surface area (Å²) >= 11 is 0. The minimum Gasteiger partial charge on any atom is -0.369 e. The van der Waals surface area contributed by atoms with Crippen molar-refractivity contribution < 1.29 is 9.18 Å². The number of hydrogen-bond donors (Lipinski definition) is 0. The van der Waals surface area contributed by atoms with Gasteiger partial charge in [0.15, 0.2) is 0 Å². The van der Waals surface area contributed by atoms with Gasteiger partial charge in [-0.05, 0) is 49.4 Å². The molecule has 0 aromatic heterocycles. The van der Waals surface area contributed by atoms with E-state index in [1.54, 1.807) is 0 Å². The summed E-state index contributed by atoms with van der Waals surface area (Å²) in [5, 5.41) is 0. The van der Waals surface area contributed by atoms with Gasteiger partial charge in [0.05, 0.1) is 0 Å². The van der Waals surface area contributed by atoms with Gasteiger partial charge in [-0.1, -0.05) is 25.7 Å². The van der Waals surface area contributed by atoms with E-state index in [0.29, 0.717) is 11.9 Å². The van der Waals surface area contributed by atoms with Crippen molar-refractivity contribution in [2.24, 2.45) is 5.92 Å². The van der Waals surface area contributed by atoms with E-state index in [-0.39, 0.29) is 5.82 Å². The molecule has 28 heavy (non-hydrogen) atoms. The van der Waals surface area contributed by atoms with Crippen LogP contribution in [-0.2, 0) is 4.79 Å². The number of carbonyl (C=O) groups is 1. The average Bonchev–Trinajstić information content (AvgIpc) is 3.26. The Hall–Kier alpha value is -1.62. The van der Waals surface area contributed by atoms with Gasteiger partial charge in [-0.15, -0.1) is 0 Å². The maximum Gasteiger partial charge on any atom is 0.222 e. The monoisotopic (exact) mass is 387 g/mol. The maximum absolute atomic E-state index is 13.1. The summed E-state index contributed by atoms with van der Waals surface area (Å²) in [6.45, 7) is 5.82. The third-order valence-electron chi connectivity index (χ3n) is 7.01. The van der Waals surface area contributed by atoms with Crippen LogP contribution in [0.25, 0.3) is 0 Å². The molecule has 2 saturated heterocycles. The van der Waals surface area contributed by atoms with Crippen molar-refractivity contribution in [3.05, 3.63) is 30.1 Å². The van der Waals surface area contributed by atoms with Gasteiger partial charge < -0.3 is 9.80 Å². The van der Waals surface area contributed by atoms with Crippen LogP contribution in [0.3, 0.4) is 0 Å². The highest BCUT2D eigenvalue weighted by Gasteiger charge is 2.30. The zero-order chi connectivity index (χ0) is 19.3. The number of likely N-dealkylation sites (tertiary alicyclic amines) is 1. The average molecular weight is 388 g/mol. The number of piperazine rings is 1. The normalized spacial score (nSPS) is 24.7. The van der Waals surface area contributed by atoms with E-state index in [4.69, 9.17) is 0 Å². The molecule has 0 unspecified atom stereocenters. The Kier molecular flexibility index (Phi) is 6.50. The molecule has 1 aliphatic carbocycles. The van der Waals surface area contributed by atoms with Crippen LogP contribution in [0, 0.1) is 11.7 Å². The molecule has 0 bridgehead atoms. The Labute approximate surface area is 168 Å². The molecule has 5 heteroatoms. The summed E-state index contributed by atoms with van der Waals surface area (Å²) in [6.07, 6.45) is 9.53. The molecule has 0 radical (unpaired) electrons. The number of nitrogens with zero attached hydrogens (tertiary/aromatic N) is 3. The summed E-state index contributed by atoms with van der Waals surface area (Å²) in [5.74, 6) is 0.993. The molecule has 2 heterocycles. The van der Waals surface area contributed by atoms with Crippen molar-refractivity contribution in [3.8, 4) is 0 Å². The van der Waals surface area contributed by atoms with Crippen LogP contribution in [0.15, 0.2) is 24.3 Å². The molecule has 0 spiro atoms. The van der Waals surface area contributed by atoms with E-state index in [1.807, 2.05) is 12.1 Å². The second-order valence-electron chi connectivity index (χ2n) is 8.82. The molecule has 1 amide bonds. The number of piperidine rings is 1. The Balaban J connectivity index is 1.24. The highest BCUT2D eigenvalue weighted by atomic mass is 19.1. The van der Waals surface area contributed by atoms with Crippen molar-refractivity contribution >= 4 is 11.6 Å². The summed E-state index contributed by atoms with van der Waals surface area (Å²) in [7, 11) is 0. The number of halogens is 1. The first-order valence-electron chi connectivity index (χ1n) is 11.2. The molecule has 1 aromatic rings. The summed E-state index contributed by atoms with van der Waals surface area (Å²) < 4.78 is 13.1. The van der Waals surface area contributed by atoms with E-state index < -0.39 is 0 Å². The highest BCUT2D eigenvalue weighted by molar-refractivity contribution is 5.76. The van der Waals surface area contributed by atoms with E-state index >= 15 is 0 Å². The van der Waals surface area contributed by atoms with Gasteiger partial charge in [-0.3, -0.25) is 9.69 Å². The topological polar surface area (TPSA) is 26.8 Å². The smallest absolute Gasteiger partial charge is 0.222 e. The van der Waals surface area contributed by atoms with Gasteiger partial charge in [-0.25, -0.2) is 4.39 Å². The van der Waals surface area contributed by atoms with Crippen LogP contribution in [0.4, 0.5) is 10.1 Å². The molecule has 0 N–H and O–H groups in total. The fraction of sp³-hybridized carbons (Fsp3) is 0.696. The lowest BCUT2D eigenvalue weighted by Crippen LogP contribution is -2.55. The SMILES string of the molecule is O=C(CCC1CCCC1)N1CCC[C@@H](N2CCN(c3ccc(F)cc3)CC2)C1. The van der Waals surface area contributed by atoms with Crippen molar-refractivity contribution in [3.63, 3.8) is 0 Å². The lowest BCUT2D eigenvalue weighted by atomic mass is 9.99. The third kappa shape index (κ3) is 4.86. The predicted octanol–water partition coefficient (Wildman–Crippen LogP) is 3.91. The number of anilines is 1. The van der Waals surface area contributed by atoms with Gasteiger partial charge >= 0.3 is 0 Å². The lowest BCUT2D eigenvalue weighted by Gasteiger charge is -2.44. The van der Waals surface area contributed by atoms with Crippen molar-refractivity contribution in [2.45, 2.75) is 57.4 Å². The molecular weight excluding hydrogens is 353 g/mol. The first-order chi connectivity index (χ1) is 13.7. The molecule has 154 valence electrons. The minimum absolute atomic E-state index is 0.178. The first-order valence-corrected chi connectivity index (χ1v) is 11.2. The van der Waals surface area contributed by atoms with Crippen molar-refractivity contribution in [1.29, 1.82) is 0 Å². The van der Waals surface area contributed by atoms with Crippen LogP contribution < -0.4 is 4.90 Å². The van der Waals surface area contributed by atoms with Crippen LogP contribution in [0.1, 0.15) is 51.4 Å². The molecule has 3 aliphatic rings. The van der Waals surface area contributed by atoms with Gasteiger partial charge in [0.2, 0.25) is 5.91 Å².